The highest BCUT2D eigenvalue weighted by atomic mass is 32.2. The summed E-state index contributed by atoms with van der Waals surface area (Å²) in [5.41, 5.74) is 8.21. The van der Waals surface area contributed by atoms with E-state index in [1.807, 2.05) is 48.5 Å². The van der Waals surface area contributed by atoms with Crippen molar-refractivity contribution in [3.05, 3.63) is 144 Å². The zero-order valence-electron chi connectivity index (χ0n) is 21.8. The molecule has 0 saturated heterocycles. The first kappa shape index (κ1) is 23.5. The standard InChI is InChI=1S/C34H27N3O2S/c38-40(39)33-19-11-10-18-26(33)31-21-27(23-12-4-1-5-13-23)28-20-29-30(22-32(28)37(31)40)35-36(25-16-8-3-9-17-25)34(29)24-14-6-2-7-15-24/h1-19,21,27-28,32H,20,22H2/t27-,28+,32+/m0/s1. The minimum absolute atomic E-state index is 0.0682. The van der Waals surface area contributed by atoms with Crippen LogP contribution in [-0.2, 0) is 22.9 Å². The molecule has 1 aromatic heterocycles. The van der Waals surface area contributed by atoms with Gasteiger partial charge in [-0.15, -0.1) is 0 Å². The molecule has 0 bridgehead atoms. The van der Waals surface area contributed by atoms with Gasteiger partial charge in [-0.2, -0.15) is 5.10 Å². The van der Waals surface area contributed by atoms with Gasteiger partial charge in [-0.25, -0.2) is 13.1 Å². The Kier molecular flexibility index (Phi) is 5.16. The van der Waals surface area contributed by atoms with Gasteiger partial charge in [-0.1, -0.05) is 103 Å². The molecule has 3 aliphatic rings. The Morgan fingerprint density at radius 2 is 1.38 bits per heavy atom. The average molecular weight is 542 g/mol. The third kappa shape index (κ3) is 3.39. The molecule has 5 nitrogen and oxygen atoms in total. The fourth-order valence-corrected chi connectivity index (χ4v) is 8.88. The molecule has 2 aliphatic heterocycles. The van der Waals surface area contributed by atoms with Crippen LogP contribution in [0.4, 0.5) is 0 Å². The van der Waals surface area contributed by atoms with Crippen LogP contribution < -0.4 is 0 Å². The van der Waals surface area contributed by atoms with Crippen molar-refractivity contribution in [3.8, 4) is 16.9 Å². The molecular weight excluding hydrogens is 514 g/mol. The van der Waals surface area contributed by atoms with Gasteiger partial charge in [0, 0.05) is 29.0 Å². The molecule has 5 aromatic rings. The van der Waals surface area contributed by atoms with Gasteiger partial charge >= 0.3 is 0 Å². The smallest absolute Gasteiger partial charge is 0.262 e. The van der Waals surface area contributed by atoms with Gasteiger partial charge in [-0.05, 0) is 36.1 Å². The maximum absolute atomic E-state index is 14.0. The number of rotatable bonds is 3. The summed E-state index contributed by atoms with van der Waals surface area (Å²) in [6, 6.07) is 38.4. The molecule has 0 N–H and O–H groups in total. The number of benzene rings is 4. The second-order valence-electron chi connectivity index (χ2n) is 10.8. The number of hydrogen-bond acceptors (Lipinski definition) is 3. The average Bonchev–Trinajstić information content (AvgIpc) is 3.49. The molecule has 196 valence electrons. The van der Waals surface area contributed by atoms with Gasteiger partial charge in [-0.3, -0.25) is 4.31 Å². The predicted molar refractivity (Wildman–Crippen MR) is 156 cm³/mol. The number of aromatic nitrogens is 2. The first-order valence-electron chi connectivity index (χ1n) is 13.7. The molecule has 3 heterocycles. The Hall–Kier alpha value is -4.42. The second-order valence-corrected chi connectivity index (χ2v) is 12.6. The molecule has 4 aromatic carbocycles. The van der Waals surface area contributed by atoms with Crippen molar-refractivity contribution < 1.29 is 8.42 Å². The molecule has 40 heavy (non-hydrogen) atoms. The SMILES string of the molecule is O=S1(=O)c2ccccc2C2=C[C@@H](c3ccccc3)[C@H]3Cc4c(nn(-c5ccccc5)c4-c4ccccc4)C[C@H]3N21. The number of allylic oxidation sites excluding steroid dienone is 1. The van der Waals surface area contributed by atoms with Crippen LogP contribution in [0.3, 0.4) is 0 Å². The summed E-state index contributed by atoms with van der Waals surface area (Å²) in [4.78, 5) is 0.402. The van der Waals surface area contributed by atoms with Gasteiger partial charge in [0.25, 0.3) is 10.0 Å². The molecule has 0 fully saturated rings. The maximum atomic E-state index is 14.0. The molecule has 3 atom stereocenters. The quantitative estimate of drug-likeness (QED) is 0.263. The Balaban J connectivity index is 1.35. The summed E-state index contributed by atoms with van der Waals surface area (Å²) in [5, 5.41) is 5.17. The highest BCUT2D eigenvalue weighted by Crippen LogP contribution is 2.53. The van der Waals surface area contributed by atoms with Crippen LogP contribution in [0.2, 0.25) is 0 Å². The van der Waals surface area contributed by atoms with Crippen molar-refractivity contribution in [2.24, 2.45) is 5.92 Å². The van der Waals surface area contributed by atoms with Crippen LogP contribution in [0.1, 0.15) is 28.3 Å². The molecule has 0 radical (unpaired) electrons. The highest BCUT2D eigenvalue weighted by molar-refractivity contribution is 7.90. The number of hydrogen-bond donors (Lipinski definition) is 0. The first-order chi connectivity index (χ1) is 19.6. The van der Waals surface area contributed by atoms with Crippen LogP contribution >= 0.6 is 0 Å². The monoisotopic (exact) mass is 541 g/mol. The predicted octanol–water partition coefficient (Wildman–Crippen LogP) is 6.47. The van der Waals surface area contributed by atoms with Gasteiger partial charge in [0.05, 0.1) is 33.7 Å². The van der Waals surface area contributed by atoms with Crippen LogP contribution in [0.25, 0.3) is 22.6 Å². The van der Waals surface area contributed by atoms with E-state index in [1.165, 1.54) is 11.1 Å². The third-order valence-electron chi connectivity index (χ3n) is 8.67. The lowest BCUT2D eigenvalue weighted by atomic mass is 9.70. The zero-order chi connectivity index (χ0) is 26.8. The van der Waals surface area contributed by atoms with Crippen molar-refractivity contribution in [1.82, 2.24) is 14.1 Å². The molecule has 8 rings (SSSR count). The summed E-state index contributed by atoms with van der Waals surface area (Å²) in [7, 11) is -3.66. The van der Waals surface area contributed by atoms with E-state index in [2.05, 4.69) is 71.4 Å². The summed E-state index contributed by atoms with van der Waals surface area (Å²) in [6.45, 7) is 0. The lowest BCUT2D eigenvalue weighted by Crippen LogP contribution is -2.49. The van der Waals surface area contributed by atoms with Gasteiger partial charge in [0.15, 0.2) is 0 Å². The van der Waals surface area contributed by atoms with Crippen molar-refractivity contribution in [2.75, 3.05) is 0 Å². The molecule has 0 amide bonds. The van der Waals surface area contributed by atoms with Gasteiger partial charge < -0.3 is 0 Å². The van der Waals surface area contributed by atoms with E-state index in [1.54, 1.807) is 10.4 Å². The molecule has 0 unspecified atom stereocenters. The summed E-state index contributed by atoms with van der Waals surface area (Å²) >= 11 is 0. The number of para-hydroxylation sites is 1. The van der Waals surface area contributed by atoms with Crippen molar-refractivity contribution in [3.63, 3.8) is 0 Å². The largest absolute Gasteiger partial charge is 0.265 e. The molecule has 1 aliphatic carbocycles. The molecule has 0 saturated carbocycles. The van der Waals surface area contributed by atoms with Crippen molar-refractivity contribution in [2.45, 2.75) is 29.7 Å². The van der Waals surface area contributed by atoms with E-state index in [4.69, 9.17) is 5.10 Å². The van der Waals surface area contributed by atoms with Crippen LogP contribution in [0, 0.1) is 5.92 Å². The number of nitrogens with zero attached hydrogens (tertiary/aromatic N) is 3. The number of fused-ring (bicyclic) bond motifs is 6. The van der Waals surface area contributed by atoms with Gasteiger partial charge in [0.1, 0.15) is 0 Å². The minimum atomic E-state index is -3.66. The van der Waals surface area contributed by atoms with Crippen LogP contribution in [-0.4, -0.2) is 28.5 Å². The molecular formula is C34H27N3O2S. The second kappa shape index (κ2) is 8.80. The summed E-state index contributed by atoms with van der Waals surface area (Å²) < 4.78 is 31.8. The van der Waals surface area contributed by atoms with E-state index < -0.39 is 10.0 Å². The number of sulfonamides is 1. The maximum Gasteiger partial charge on any atom is 0.265 e. The third-order valence-corrected chi connectivity index (χ3v) is 10.6. The van der Waals surface area contributed by atoms with Crippen molar-refractivity contribution >= 4 is 15.7 Å². The molecule has 0 spiro atoms. The highest BCUT2D eigenvalue weighted by Gasteiger charge is 2.51. The van der Waals surface area contributed by atoms with E-state index in [0.717, 1.165) is 40.3 Å². The van der Waals surface area contributed by atoms with E-state index in [-0.39, 0.29) is 17.9 Å². The van der Waals surface area contributed by atoms with E-state index >= 15 is 0 Å². The fourth-order valence-electron chi connectivity index (χ4n) is 6.96. The fraction of sp³-hybridized carbons (Fsp3) is 0.147. The minimum Gasteiger partial charge on any atom is -0.262 e. The Labute approximate surface area is 234 Å². The van der Waals surface area contributed by atoms with Crippen LogP contribution in [0.5, 0.6) is 0 Å². The topological polar surface area (TPSA) is 55.2 Å². The van der Waals surface area contributed by atoms with Crippen LogP contribution in [0.15, 0.2) is 126 Å². The van der Waals surface area contributed by atoms with Crippen molar-refractivity contribution in [1.29, 1.82) is 0 Å². The lowest BCUT2D eigenvalue weighted by molar-refractivity contribution is 0.243. The molecule has 6 heteroatoms. The summed E-state index contributed by atoms with van der Waals surface area (Å²) in [6.07, 6.45) is 3.50. The normalized spacial score (nSPS) is 22.1. The first-order valence-corrected chi connectivity index (χ1v) is 15.2. The lowest BCUT2D eigenvalue weighted by Gasteiger charge is -2.45. The Morgan fingerprint density at radius 3 is 2.12 bits per heavy atom. The van der Waals surface area contributed by atoms with E-state index in [9.17, 15) is 8.42 Å². The Morgan fingerprint density at radius 1 is 0.725 bits per heavy atom. The Bertz CT molecular complexity index is 1880. The van der Waals surface area contributed by atoms with Gasteiger partial charge in [0.2, 0.25) is 0 Å². The summed E-state index contributed by atoms with van der Waals surface area (Å²) in [5.74, 6) is 0.147. The van der Waals surface area contributed by atoms with E-state index in [0.29, 0.717) is 11.3 Å². The zero-order valence-corrected chi connectivity index (χ0v) is 22.6.